The fourth-order valence-electron chi connectivity index (χ4n) is 1.53. The molecule has 1 radical (unpaired) electrons. The number of rotatable bonds is 4. The standard InChI is InChI=1S/C13H22N.C2H4.2ClH.Zr/c1-11(9-10-13(2,3)4)14-12-7-5-6-8-12;1-2;;;/h5-8,11-12H,9-10H2,1-4H3;1-2H2;2*1H;/q-1;;;;+3/p-2. The Morgan fingerprint density at radius 3 is 1.89 bits per heavy atom. The third-order valence-corrected chi connectivity index (χ3v) is 2.47. The second kappa shape index (κ2) is 15.0. The molecule has 19 heavy (non-hydrogen) atoms. The topological polar surface area (TPSA) is 14.1 Å². The van der Waals surface area contributed by atoms with Crippen molar-refractivity contribution in [1.82, 2.24) is 0 Å². The molecular formula is C15H26Cl2NZr. The van der Waals surface area contributed by atoms with Crippen molar-refractivity contribution in [3.05, 3.63) is 42.8 Å². The van der Waals surface area contributed by atoms with Gasteiger partial charge in [0.1, 0.15) is 0 Å². The SMILES string of the molecule is C=C.CC(CCC(C)(C)C)[N-]C1C=CC=C1.[Cl-].[Cl-].[Zr+3]. The van der Waals surface area contributed by atoms with E-state index in [4.69, 9.17) is 5.32 Å². The molecular weight excluding hydrogens is 356 g/mol. The van der Waals surface area contributed by atoms with Gasteiger partial charge in [-0.05, 0) is 11.8 Å². The molecule has 0 spiro atoms. The Labute approximate surface area is 151 Å². The molecule has 0 fully saturated rings. The van der Waals surface area contributed by atoms with Crippen LogP contribution < -0.4 is 24.8 Å². The van der Waals surface area contributed by atoms with Crippen molar-refractivity contribution in [3.63, 3.8) is 0 Å². The molecule has 1 nitrogen and oxygen atoms in total. The van der Waals surface area contributed by atoms with E-state index < -0.39 is 0 Å². The predicted molar refractivity (Wildman–Crippen MR) is 74.8 cm³/mol. The minimum atomic E-state index is 0. The summed E-state index contributed by atoms with van der Waals surface area (Å²) >= 11 is 0. The Morgan fingerprint density at radius 2 is 1.53 bits per heavy atom. The molecule has 0 saturated heterocycles. The first-order valence-electron chi connectivity index (χ1n) is 6.02. The number of nitrogens with zero attached hydrogens (tertiary/aromatic N) is 1. The molecule has 109 valence electrons. The molecule has 1 aliphatic carbocycles. The first-order chi connectivity index (χ1) is 7.47. The van der Waals surface area contributed by atoms with Gasteiger partial charge in [0, 0.05) is 0 Å². The quantitative estimate of drug-likeness (QED) is 0.547. The van der Waals surface area contributed by atoms with Crippen LogP contribution in [-0.2, 0) is 26.2 Å². The minimum Gasteiger partial charge on any atom is -1.00 e. The number of hydrogen-bond acceptors (Lipinski definition) is 0. The van der Waals surface area contributed by atoms with Crippen LogP contribution in [0.4, 0.5) is 0 Å². The molecule has 1 rings (SSSR count). The van der Waals surface area contributed by atoms with Gasteiger partial charge in [-0.3, -0.25) is 0 Å². The van der Waals surface area contributed by atoms with E-state index >= 15 is 0 Å². The molecule has 0 aromatic heterocycles. The summed E-state index contributed by atoms with van der Waals surface area (Å²) in [7, 11) is 0. The molecule has 0 aliphatic heterocycles. The molecule has 1 aliphatic rings. The van der Waals surface area contributed by atoms with Gasteiger partial charge in [0.2, 0.25) is 0 Å². The fraction of sp³-hybridized carbons (Fsp3) is 0.600. The van der Waals surface area contributed by atoms with Crippen LogP contribution in [0.5, 0.6) is 0 Å². The fourth-order valence-corrected chi connectivity index (χ4v) is 1.53. The van der Waals surface area contributed by atoms with Gasteiger partial charge in [0.25, 0.3) is 0 Å². The molecule has 4 heteroatoms. The van der Waals surface area contributed by atoms with Crippen molar-refractivity contribution in [1.29, 1.82) is 0 Å². The molecule has 0 bridgehead atoms. The molecule has 0 aromatic carbocycles. The van der Waals surface area contributed by atoms with Crippen LogP contribution >= 0.6 is 0 Å². The van der Waals surface area contributed by atoms with E-state index in [1.807, 2.05) is 0 Å². The predicted octanol–water partition coefficient (Wildman–Crippen LogP) is -1.12. The van der Waals surface area contributed by atoms with Gasteiger partial charge in [-0.15, -0.1) is 19.2 Å². The molecule has 0 N–H and O–H groups in total. The minimum absolute atomic E-state index is 0. The maximum Gasteiger partial charge on any atom is 3.00 e. The van der Waals surface area contributed by atoms with E-state index in [0.717, 1.165) is 0 Å². The van der Waals surface area contributed by atoms with Crippen LogP contribution in [0.15, 0.2) is 37.5 Å². The maximum absolute atomic E-state index is 4.71. The number of hydrogen-bond donors (Lipinski definition) is 0. The van der Waals surface area contributed by atoms with Gasteiger partial charge in [0.05, 0.1) is 0 Å². The van der Waals surface area contributed by atoms with Crippen molar-refractivity contribution in [2.45, 2.75) is 52.6 Å². The van der Waals surface area contributed by atoms with Gasteiger partial charge in [-0.2, -0.15) is 0 Å². The normalized spacial score (nSPS) is 14.3. The Hall–Kier alpha value is 0.643. The zero-order valence-electron chi connectivity index (χ0n) is 12.5. The van der Waals surface area contributed by atoms with Crippen molar-refractivity contribution >= 4 is 0 Å². The summed E-state index contributed by atoms with van der Waals surface area (Å²) in [6.07, 6.45) is 10.9. The largest absolute Gasteiger partial charge is 3.00 e. The Kier molecular flexibility index (Phi) is 22.1. The van der Waals surface area contributed by atoms with Crippen LogP contribution in [0, 0.1) is 5.41 Å². The van der Waals surface area contributed by atoms with Crippen molar-refractivity contribution in [2.24, 2.45) is 5.41 Å². The average molecular weight is 383 g/mol. The van der Waals surface area contributed by atoms with Crippen molar-refractivity contribution < 1.29 is 51.0 Å². The molecule has 0 aromatic rings. The van der Waals surface area contributed by atoms with Gasteiger partial charge < -0.3 is 30.1 Å². The van der Waals surface area contributed by atoms with Crippen molar-refractivity contribution in [3.8, 4) is 0 Å². The first-order valence-corrected chi connectivity index (χ1v) is 6.02. The van der Waals surface area contributed by atoms with Crippen LogP contribution in [0.1, 0.15) is 40.5 Å². The summed E-state index contributed by atoms with van der Waals surface area (Å²) in [5.41, 5.74) is 0.436. The third kappa shape index (κ3) is 16.6. The number of halogens is 2. The monoisotopic (exact) mass is 380 g/mol. The Bertz CT molecular complexity index is 235. The van der Waals surface area contributed by atoms with E-state index in [-0.39, 0.29) is 51.0 Å². The average Bonchev–Trinajstić information content (AvgIpc) is 2.70. The van der Waals surface area contributed by atoms with E-state index in [1.54, 1.807) is 0 Å². The van der Waals surface area contributed by atoms with E-state index in [9.17, 15) is 0 Å². The van der Waals surface area contributed by atoms with Crippen LogP contribution in [0.3, 0.4) is 0 Å². The molecule has 1 atom stereocenters. The second-order valence-corrected chi connectivity index (χ2v) is 5.36. The van der Waals surface area contributed by atoms with E-state index in [2.05, 4.69) is 65.2 Å². The summed E-state index contributed by atoms with van der Waals surface area (Å²) in [4.78, 5) is 0. The Morgan fingerprint density at radius 1 is 1.11 bits per heavy atom. The van der Waals surface area contributed by atoms with E-state index in [1.165, 1.54) is 12.8 Å². The van der Waals surface area contributed by atoms with Crippen LogP contribution in [0.25, 0.3) is 5.32 Å². The first kappa shape index (κ1) is 27.9. The zero-order valence-corrected chi connectivity index (χ0v) is 16.5. The molecule has 0 saturated carbocycles. The van der Waals surface area contributed by atoms with Crippen molar-refractivity contribution in [2.75, 3.05) is 0 Å². The third-order valence-electron chi connectivity index (χ3n) is 2.47. The summed E-state index contributed by atoms with van der Waals surface area (Å²) in [6.45, 7) is 15.1. The Balaban J connectivity index is -0.000000214. The molecule has 1 unspecified atom stereocenters. The zero-order chi connectivity index (χ0) is 12.6. The van der Waals surface area contributed by atoms with Gasteiger partial charge in [-0.25, -0.2) is 0 Å². The summed E-state index contributed by atoms with van der Waals surface area (Å²) < 4.78 is 0. The van der Waals surface area contributed by atoms with Crippen LogP contribution in [0.2, 0.25) is 0 Å². The van der Waals surface area contributed by atoms with Gasteiger partial charge >= 0.3 is 26.2 Å². The van der Waals surface area contributed by atoms with Crippen LogP contribution in [-0.4, -0.2) is 12.1 Å². The maximum atomic E-state index is 4.71. The molecule has 0 heterocycles. The molecule has 0 amide bonds. The summed E-state index contributed by atoms with van der Waals surface area (Å²) in [6, 6.07) is 0.816. The van der Waals surface area contributed by atoms with Gasteiger partial charge in [-0.1, -0.05) is 64.5 Å². The van der Waals surface area contributed by atoms with E-state index in [0.29, 0.717) is 17.5 Å². The van der Waals surface area contributed by atoms with Gasteiger partial charge in [0.15, 0.2) is 0 Å². The number of allylic oxidation sites excluding steroid dienone is 2. The summed E-state index contributed by atoms with van der Waals surface area (Å²) in [5, 5.41) is 4.71. The summed E-state index contributed by atoms with van der Waals surface area (Å²) in [5.74, 6) is 0. The smallest absolute Gasteiger partial charge is 1.00 e. The second-order valence-electron chi connectivity index (χ2n) is 5.36.